The molecule has 1 rings (SSSR count). The minimum atomic E-state index is 0.319. The van der Waals surface area contributed by atoms with Crippen LogP contribution in [0.25, 0.3) is 0 Å². The highest BCUT2D eigenvalue weighted by molar-refractivity contribution is 5.15. The number of nitrogens with zero attached hydrogens (tertiary/aromatic N) is 4. The van der Waals surface area contributed by atoms with Crippen LogP contribution in [0.5, 0.6) is 0 Å². The van der Waals surface area contributed by atoms with Crippen LogP contribution in [0.4, 0.5) is 0 Å². The topological polar surface area (TPSA) is 63.7 Å². The third kappa shape index (κ3) is 3.27. The van der Waals surface area contributed by atoms with Crippen LogP contribution < -0.4 is 0 Å². The van der Waals surface area contributed by atoms with Gasteiger partial charge in [-0.3, -0.25) is 0 Å². The van der Waals surface area contributed by atoms with E-state index < -0.39 is 0 Å². The van der Waals surface area contributed by atoms with Gasteiger partial charge in [-0.2, -0.15) is 5.26 Å². The van der Waals surface area contributed by atoms with Gasteiger partial charge in [0.15, 0.2) is 0 Å². The third-order valence-electron chi connectivity index (χ3n) is 2.95. The highest BCUT2D eigenvalue weighted by atomic mass is 16.5. The van der Waals surface area contributed by atoms with Crippen molar-refractivity contribution < 1.29 is 4.74 Å². The molecule has 0 fully saturated rings. The van der Waals surface area contributed by atoms with Crippen LogP contribution in [0, 0.1) is 11.3 Å². The summed E-state index contributed by atoms with van der Waals surface area (Å²) in [7, 11) is 1.68. The van der Waals surface area contributed by atoms with E-state index in [1.807, 2.05) is 4.68 Å². The van der Waals surface area contributed by atoms with Crippen LogP contribution in [-0.4, -0.2) is 28.7 Å². The normalized spacial score (nSPS) is 10.8. The van der Waals surface area contributed by atoms with Gasteiger partial charge in [-0.15, -0.1) is 5.10 Å². The lowest BCUT2D eigenvalue weighted by Crippen LogP contribution is -2.14. The van der Waals surface area contributed by atoms with Crippen molar-refractivity contribution >= 4 is 0 Å². The fourth-order valence-corrected chi connectivity index (χ4v) is 1.94. The second-order valence-electron chi connectivity index (χ2n) is 3.98. The van der Waals surface area contributed by atoms with Crippen LogP contribution >= 0.6 is 0 Å². The third-order valence-corrected chi connectivity index (χ3v) is 2.95. The number of methoxy groups -OCH3 is 1. The molecule has 1 heterocycles. The number of hydrogen-bond donors (Lipinski definition) is 0. The maximum Gasteiger partial charge on any atom is 0.100 e. The summed E-state index contributed by atoms with van der Waals surface area (Å²) in [5, 5.41) is 17.1. The van der Waals surface area contributed by atoms with E-state index in [2.05, 4.69) is 30.2 Å². The standard InChI is InChI=1S/C12H20N4O/c1-4-10(5-2)16-12(7-9-17-3)11(6-8-13)14-15-16/h10H,4-7,9H2,1-3H3. The second kappa shape index (κ2) is 7.02. The van der Waals surface area contributed by atoms with E-state index in [0.29, 0.717) is 19.1 Å². The Balaban J connectivity index is 2.99. The molecule has 0 saturated heterocycles. The first-order valence-electron chi connectivity index (χ1n) is 6.07. The molecule has 0 radical (unpaired) electrons. The molecule has 0 N–H and O–H groups in total. The minimum Gasteiger partial charge on any atom is -0.384 e. The SMILES string of the molecule is CCC(CC)n1nnc(CC#N)c1CCOC. The van der Waals surface area contributed by atoms with E-state index in [1.54, 1.807) is 7.11 Å². The Labute approximate surface area is 102 Å². The molecule has 1 aromatic rings. The van der Waals surface area contributed by atoms with Crippen molar-refractivity contribution in [1.82, 2.24) is 15.0 Å². The molecule has 0 spiro atoms. The van der Waals surface area contributed by atoms with E-state index in [0.717, 1.165) is 30.7 Å². The number of ether oxygens (including phenoxy) is 1. The first kappa shape index (κ1) is 13.7. The van der Waals surface area contributed by atoms with Crippen molar-refractivity contribution in [3.63, 3.8) is 0 Å². The lowest BCUT2D eigenvalue weighted by atomic mass is 10.1. The molecule has 0 aromatic carbocycles. The van der Waals surface area contributed by atoms with E-state index >= 15 is 0 Å². The highest BCUT2D eigenvalue weighted by Crippen LogP contribution is 2.19. The van der Waals surface area contributed by atoms with Crippen LogP contribution in [0.15, 0.2) is 0 Å². The lowest BCUT2D eigenvalue weighted by molar-refractivity contribution is 0.199. The largest absolute Gasteiger partial charge is 0.384 e. The molecule has 0 unspecified atom stereocenters. The predicted molar refractivity (Wildman–Crippen MR) is 64.5 cm³/mol. The number of aromatic nitrogens is 3. The van der Waals surface area contributed by atoms with E-state index in [9.17, 15) is 0 Å². The summed E-state index contributed by atoms with van der Waals surface area (Å²) in [5.41, 5.74) is 1.83. The summed E-state index contributed by atoms with van der Waals surface area (Å²) in [5.74, 6) is 0. The molecule has 5 heteroatoms. The first-order valence-corrected chi connectivity index (χ1v) is 6.07. The molecule has 0 bridgehead atoms. The summed E-state index contributed by atoms with van der Waals surface area (Å²) >= 11 is 0. The summed E-state index contributed by atoms with van der Waals surface area (Å²) in [6, 6.07) is 2.50. The van der Waals surface area contributed by atoms with Crippen LogP contribution in [-0.2, 0) is 17.6 Å². The van der Waals surface area contributed by atoms with Gasteiger partial charge in [-0.05, 0) is 12.8 Å². The zero-order chi connectivity index (χ0) is 12.7. The molecule has 94 valence electrons. The quantitative estimate of drug-likeness (QED) is 0.725. The van der Waals surface area contributed by atoms with Crippen molar-refractivity contribution in [3.8, 4) is 6.07 Å². The van der Waals surface area contributed by atoms with Gasteiger partial charge in [0.25, 0.3) is 0 Å². The number of hydrogen-bond acceptors (Lipinski definition) is 4. The molecule has 0 aliphatic heterocycles. The predicted octanol–water partition coefficient (Wildman–Crippen LogP) is 1.89. The molecular formula is C12H20N4O. The van der Waals surface area contributed by atoms with Gasteiger partial charge in [0.2, 0.25) is 0 Å². The van der Waals surface area contributed by atoms with Gasteiger partial charge in [0.1, 0.15) is 5.69 Å². The Hall–Kier alpha value is -1.41. The molecule has 0 atom stereocenters. The Kier molecular flexibility index (Phi) is 5.64. The van der Waals surface area contributed by atoms with Crippen molar-refractivity contribution in [2.24, 2.45) is 0 Å². The second-order valence-corrected chi connectivity index (χ2v) is 3.98. The van der Waals surface area contributed by atoms with Crippen molar-refractivity contribution in [3.05, 3.63) is 11.4 Å². The van der Waals surface area contributed by atoms with E-state index in [1.165, 1.54) is 0 Å². The molecule has 1 aromatic heterocycles. The maximum atomic E-state index is 8.77. The van der Waals surface area contributed by atoms with Crippen LogP contribution in [0.3, 0.4) is 0 Å². The molecule has 0 aliphatic rings. The summed E-state index contributed by atoms with van der Waals surface area (Å²) < 4.78 is 7.06. The van der Waals surface area contributed by atoms with Gasteiger partial charge < -0.3 is 4.74 Å². The summed E-state index contributed by atoms with van der Waals surface area (Å²) in [6.45, 7) is 4.91. The van der Waals surface area contributed by atoms with Gasteiger partial charge in [-0.25, -0.2) is 4.68 Å². The molecule has 17 heavy (non-hydrogen) atoms. The average Bonchev–Trinajstić information content (AvgIpc) is 2.72. The van der Waals surface area contributed by atoms with Gasteiger partial charge in [-0.1, -0.05) is 19.1 Å². The van der Waals surface area contributed by atoms with Gasteiger partial charge in [0, 0.05) is 13.5 Å². The highest BCUT2D eigenvalue weighted by Gasteiger charge is 2.17. The van der Waals surface area contributed by atoms with Crippen molar-refractivity contribution in [1.29, 1.82) is 5.26 Å². The molecular weight excluding hydrogens is 216 g/mol. The molecule has 0 aliphatic carbocycles. The van der Waals surface area contributed by atoms with Crippen molar-refractivity contribution in [2.45, 2.75) is 45.6 Å². The smallest absolute Gasteiger partial charge is 0.100 e. The van der Waals surface area contributed by atoms with Gasteiger partial charge >= 0.3 is 0 Å². The van der Waals surface area contributed by atoms with Crippen molar-refractivity contribution in [2.75, 3.05) is 13.7 Å². The minimum absolute atomic E-state index is 0.319. The summed E-state index contributed by atoms with van der Waals surface area (Å²) in [4.78, 5) is 0. The van der Waals surface area contributed by atoms with E-state index in [-0.39, 0.29) is 0 Å². The Morgan fingerprint density at radius 2 is 2.12 bits per heavy atom. The Morgan fingerprint density at radius 1 is 1.41 bits per heavy atom. The fraction of sp³-hybridized carbons (Fsp3) is 0.750. The Morgan fingerprint density at radius 3 is 2.65 bits per heavy atom. The maximum absolute atomic E-state index is 8.77. The summed E-state index contributed by atoms with van der Waals surface area (Å²) in [6.07, 6.45) is 3.12. The monoisotopic (exact) mass is 236 g/mol. The number of rotatable bonds is 7. The van der Waals surface area contributed by atoms with Gasteiger partial charge in [0.05, 0.1) is 30.8 Å². The van der Waals surface area contributed by atoms with Crippen LogP contribution in [0.2, 0.25) is 0 Å². The zero-order valence-corrected chi connectivity index (χ0v) is 10.8. The fourth-order valence-electron chi connectivity index (χ4n) is 1.94. The average molecular weight is 236 g/mol. The molecule has 5 nitrogen and oxygen atoms in total. The Bertz CT molecular complexity index is 376. The molecule has 0 amide bonds. The zero-order valence-electron chi connectivity index (χ0n) is 10.8. The molecule has 0 saturated carbocycles. The van der Waals surface area contributed by atoms with Crippen LogP contribution in [0.1, 0.15) is 44.1 Å². The lowest BCUT2D eigenvalue weighted by Gasteiger charge is -2.15. The first-order chi connectivity index (χ1) is 8.28. The van der Waals surface area contributed by atoms with E-state index in [4.69, 9.17) is 10.00 Å². The number of nitriles is 1.